The van der Waals surface area contributed by atoms with Crippen molar-refractivity contribution in [2.45, 2.75) is 5.51 Å². The molecule has 0 aliphatic carbocycles. The van der Waals surface area contributed by atoms with Crippen LogP contribution in [0.25, 0.3) is 0 Å². The van der Waals surface area contributed by atoms with Crippen molar-refractivity contribution >= 4 is 11.8 Å². The Morgan fingerprint density at radius 1 is 1.14 bits per heavy atom. The van der Waals surface area contributed by atoms with Gasteiger partial charge in [0.2, 0.25) is 0 Å². The zero-order valence-corrected chi connectivity index (χ0v) is 7.95. The Balaban J connectivity index is 2.42. The molecule has 0 aliphatic heterocycles. The van der Waals surface area contributed by atoms with Gasteiger partial charge in [-0.25, -0.2) is 0 Å². The maximum absolute atomic E-state index is 11.7. The van der Waals surface area contributed by atoms with Crippen molar-refractivity contribution in [3.8, 4) is 11.8 Å². The third kappa shape index (κ3) is 4.83. The highest BCUT2D eigenvalue weighted by Crippen LogP contribution is 2.29. The fourth-order valence-electron chi connectivity index (χ4n) is 0.778. The molecule has 0 atom stereocenters. The standard InChI is InChI=1S/C10H7F3S/c11-10(12,13)14-8-4-7-9-5-2-1-3-6-9/h1-3,5-6H,8H2. The maximum atomic E-state index is 11.7. The van der Waals surface area contributed by atoms with Crippen molar-refractivity contribution in [2.75, 3.05) is 5.75 Å². The largest absolute Gasteiger partial charge is 0.442 e. The van der Waals surface area contributed by atoms with Crippen LogP contribution in [-0.4, -0.2) is 11.3 Å². The number of alkyl halides is 3. The monoisotopic (exact) mass is 216 g/mol. The molecule has 0 nitrogen and oxygen atoms in total. The van der Waals surface area contributed by atoms with Gasteiger partial charge in [-0.2, -0.15) is 13.2 Å². The molecule has 0 aliphatic rings. The van der Waals surface area contributed by atoms with Crippen molar-refractivity contribution < 1.29 is 13.2 Å². The second kappa shape index (κ2) is 4.97. The molecule has 14 heavy (non-hydrogen) atoms. The van der Waals surface area contributed by atoms with E-state index in [0.29, 0.717) is 0 Å². The zero-order chi connectivity index (χ0) is 10.4. The number of hydrogen-bond donors (Lipinski definition) is 0. The van der Waals surface area contributed by atoms with E-state index in [0.717, 1.165) is 5.56 Å². The lowest BCUT2D eigenvalue weighted by molar-refractivity contribution is -0.0325. The van der Waals surface area contributed by atoms with Crippen LogP contribution in [0.1, 0.15) is 5.56 Å². The van der Waals surface area contributed by atoms with Gasteiger partial charge in [0.15, 0.2) is 0 Å². The third-order valence-corrected chi connectivity index (χ3v) is 1.93. The second-order valence-electron chi connectivity index (χ2n) is 2.40. The van der Waals surface area contributed by atoms with Crippen LogP contribution in [0.4, 0.5) is 13.2 Å². The molecule has 0 unspecified atom stereocenters. The van der Waals surface area contributed by atoms with Crippen LogP contribution in [0.5, 0.6) is 0 Å². The molecule has 0 heterocycles. The number of halogens is 3. The van der Waals surface area contributed by atoms with E-state index >= 15 is 0 Å². The summed E-state index contributed by atoms with van der Waals surface area (Å²) in [6, 6.07) is 8.92. The van der Waals surface area contributed by atoms with Crippen LogP contribution < -0.4 is 0 Å². The first-order valence-electron chi connectivity index (χ1n) is 3.82. The molecule has 0 spiro atoms. The van der Waals surface area contributed by atoms with E-state index in [-0.39, 0.29) is 17.5 Å². The van der Waals surface area contributed by atoms with E-state index in [9.17, 15) is 13.2 Å². The number of thioether (sulfide) groups is 1. The SMILES string of the molecule is FC(F)(F)SCC#Cc1ccccc1. The van der Waals surface area contributed by atoms with Crippen LogP contribution >= 0.6 is 11.8 Å². The van der Waals surface area contributed by atoms with E-state index in [4.69, 9.17) is 0 Å². The topological polar surface area (TPSA) is 0 Å². The van der Waals surface area contributed by atoms with Crippen LogP contribution in [0.2, 0.25) is 0 Å². The average molecular weight is 216 g/mol. The second-order valence-corrected chi connectivity index (χ2v) is 3.44. The summed E-state index contributed by atoms with van der Waals surface area (Å²) in [5.41, 5.74) is -3.46. The molecule has 0 N–H and O–H groups in total. The lowest BCUT2D eigenvalue weighted by atomic mass is 10.2. The minimum absolute atomic E-state index is 0.121. The van der Waals surface area contributed by atoms with Crippen LogP contribution in [0.15, 0.2) is 30.3 Å². The van der Waals surface area contributed by atoms with E-state index in [1.165, 1.54) is 0 Å². The van der Waals surface area contributed by atoms with Crippen LogP contribution in [0.3, 0.4) is 0 Å². The van der Waals surface area contributed by atoms with Gasteiger partial charge in [-0.05, 0) is 23.9 Å². The number of rotatable bonds is 1. The molecule has 1 aromatic rings. The minimum atomic E-state index is -4.19. The third-order valence-electron chi connectivity index (χ3n) is 1.31. The molecule has 0 amide bonds. The van der Waals surface area contributed by atoms with E-state index in [1.807, 2.05) is 6.07 Å². The molecule has 0 aromatic heterocycles. The molecule has 0 saturated heterocycles. The first kappa shape index (κ1) is 11.0. The van der Waals surface area contributed by atoms with Gasteiger partial charge >= 0.3 is 5.51 Å². The molecule has 0 fully saturated rings. The number of hydrogen-bond acceptors (Lipinski definition) is 1. The Morgan fingerprint density at radius 3 is 2.36 bits per heavy atom. The Labute approximate surface area is 84.5 Å². The fraction of sp³-hybridized carbons (Fsp3) is 0.200. The first-order valence-corrected chi connectivity index (χ1v) is 4.81. The van der Waals surface area contributed by atoms with Crippen molar-refractivity contribution in [3.05, 3.63) is 35.9 Å². The van der Waals surface area contributed by atoms with Crippen molar-refractivity contribution in [2.24, 2.45) is 0 Å². The van der Waals surface area contributed by atoms with Gasteiger partial charge in [0, 0.05) is 5.56 Å². The van der Waals surface area contributed by atoms with E-state index in [2.05, 4.69) is 11.8 Å². The molecule has 1 rings (SSSR count). The summed E-state index contributed by atoms with van der Waals surface area (Å²) < 4.78 is 35.0. The summed E-state index contributed by atoms with van der Waals surface area (Å²) in [6.07, 6.45) is 0. The maximum Gasteiger partial charge on any atom is 0.442 e. The van der Waals surface area contributed by atoms with E-state index in [1.54, 1.807) is 24.3 Å². The summed E-state index contributed by atoms with van der Waals surface area (Å²) in [5.74, 6) is 4.87. The van der Waals surface area contributed by atoms with E-state index < -0.39 is 5.51 Å². The van der Waals surface area contributed by atoms with Crippen LogP contribution in [0, 0.1) is 11.8 Å². The van der Waals surface area contributed by atoms with Gasteiger partial charge < -0.3 is 0 Å². The van der Waals surface area contributed by atoms with Gasteiger partial charge in [-0.15, -0.1) is 0 Å². The molecule has 4 heteroatoms. The molecule has 0 radical (unpaired) electrons. The molecular weight excluding hydrogens is 209 g/mol. The normalized spacial score (nSPS) is 10.5. The Bertz CT molecular complexity index is 332. The molecule has 0 saturated carbocycles. The summed E-state index contributed by atoms with van der Waals surface area (Å²) in [7, 11) is 0. The smallest absolute Gasteiger partial charge is 0.160 e. The van der Waals surface area contributed by atoms with Gasteiger partial charge in [0.05, 0.1) is 5.75 Å². The van der Waals surface area contributed by atoms with Crippen molar-refractivity contribution in [1.29, 1.82) is 0 Å². The lowest BCUT2D eigenvalue weighted by Gasteiger charge is -1.99. The highest BCUT2D eigenvalue weighted by molar-refractivity contribution is 8.00. The summed E-state index contributed by atoms with van der Waals surface area (Å²) >= 11 is -0.121. The van der Waals surface area contributed by atoms with Gasteiger partial charge in [-0.1, -0.05) is 30.0 Å². The highest BCUT2D eigenvalue weighted by atomic mass is 32.2. The predicted octanol–water partition coefficient (Wildman–Crippen LogP) is 3.29. The average Bonchev–Trinajstić information content (AvgIpc) is 2.13. The minimum Gasteiger partial charge on any atom is -0.160 e. The predicted molar refractivity (Wildman–Crippen MR) is 51.8 cm³/mol. The van der Waals surface area contributed by atoms with Gasteiger partial charge in [-0.3, -0.25) is 0 Å². The lowest BCUT2D eigenvalue weighted by Crippen LogP contribution is -1.99. The summed E-state index contributed by atoms with van der Waals surface area (Å²) in [4.78, 5) is 0. The number of benzene rings is 1. The molecular formula is C10H7F3S. The quantitative estimate of drug-likeness (QED) is 0.649. The molecule has 1 aromatic carbocycles. The fourth-order valence-corrected chi connectivity index (χ4v) is 1.09. The van der Waals surface area contributed by atoms with Crippen molar-refractivity contribution in [1.82, 2.24) is 0 Å². The Kier molecular flexibility index (Phi) is 3.90. The van der Waals surface area contributed by atoms with Crippen molar-refractivity contribution in [3.63, 3.8) is 0 Å². The summed E-state index contributed by atoms with van der Waals surface area (Å²) in [6.45, 7) is 0. The summed E-state index contributed by atoms with van der Waals surface area (Å²) in [5, 5.41) is 0. The zero-order valence-electron chi connectivity index (χ0n) is 7.14. The first-order chi connectivity index (χ1) is 6.58. The van der Waals surface area contributed by atoms with Gasteiger partial charge in [0.1, 0.15) is 0 Å². The molecule has 0 bridgehead atoms. The Morgan fingerprint density at radius 2 is 1.79 bits per heavy atom. The Hall–Kier alpha value is -1.08. The highest BCUT2D eigenvalue weighted by Gasteiger charge is 2.26. The molecule has 74 valence electrons. The van der Waals surface area contributed by atoms with Crippen LogP contribution in [-0.2, 0) is 0 Å². The van der Waals surface area contributed by atoms with Gasteiger partial charge in [0.25, 0.3) is 0 Å².